The van der Waals surface area contributed by atoms with Crippen molar-refractivity contribution in [3.05, 3.63) is 63.8 Å². The molecule has 4 N–H and O–H groups in total. The summed E-state index contributed by atoms with van der Waals surface area (Å²) in [6, 6.07) is 11.9. The average molecular weight is 711 g/mol. The third-order valence-electron chi connectivity index (χ3n) is 8.65. The standard InChI is InChI=1S/C38H53Cl2N7O2/c1-5-6-7-8-9-10-11-12-13-14-15-16-17-18-25-41-37(49)43-30-24-20-23-29(31(30)39)36(48)42-28-22-19-21-27(26-28)34-44-35-32(40)33(38(2,3)4)45-47(35)46-34/h19-24,26H,5-18,25H2,1-4H3,(H,42,48)(H,44,46)(H2,41,43,49). The number of carbonyl (C=O) groups is 2. The van der Waals surface area contributed by atoms with Crippen molar-refractivity contribution in [1.29, 1.82) is 0 Å². The van der Waals surface area contributed by atoms with Gasteiger partial charge in [-0.1, -0.05) is 153 Å². The van der Waals surface area contributed by atoms with E-state index in [1.165, 1.54) is 81.7 Å². The van der Waals surface area contributed by atoms with E-state index in [9.17, 15) is 9.59 Å². The third kappa shape index (κ3) is 11.5. The van der Waals surface area contributed by atoms with Crippen LogP contribution in [0.2, 0.25) is 10.0 Å². The lowest BCUT2D eigenvalue weighted by Gasteiger charge is -2.14. The van der Waals surface area contributed by atoms with E-state index in [1.807, 2.05) is 32.9 Å². The summed E-state index contributed by atoms with van der Waals surface area (Å²) in [6.45, 7) is 8.98. The van der Waals surface area contributed by atoms with Crippen molar-refractivity contribution in [2.45, 2.75) is 123 Å². The molecule has 49 heavy (non-hydrogen) atoms. The summed E-state index contributed by atoms with van der Waals surface area (Å²) in [5, 5.41) is 18.4. The lowest BCUT2D eigenvalue weighted by atomic mass is 9.92. The Labute approximate surface area is 301 Å². The number of aromatic amines is 1. The molecule has 0 bridgehead atoms. The normalized spacial score (nSPS) is 11.6. The third-order valence-corrected chi connectivity index (χ3v) is 9.42. The number of unbranched alkanes of at least 4 members (excludes halogenated alkanes) is 13. The van der Waals surface area contributed by atoms with Gasteiger partial charge in [-0.05, 0) is 30.7 Å². The minimum Gasteiger partial charge on any atom is -0.338 e. The molecule has 0 saturated carbocycles. The van der Waals surface area contributed by atoms with Gasteiger partial charge in [0.25, 0.3) is 5.91 Å². The molecule has 2 aromatic carbocycles. The molecule has 0 saturated heterocycles. The lowest BCUT2D eigenvalue weighted by Crippen LogP contribution is -2.29. The zero-order valence-electron chi connectivity index (χ0n) is 29.6. The molecule has 0 spiro atoms. The molecule has 0 aliphatic rings. The van der Waals surface area contributed by atoms with Crippen LogP contribution in [-0.4, -0.2) is 38.3 Å². The monoisotopic (exact) mass is 709 g/mol. The van der Waals surface area contributed by atoms with Crippen molar-refractivity contribution in [3.63, 3.8) is 0 Å². The number of urea groups is 1. The predicted molar refractivity (Wildman–Crippen MR) is 203 cm³/mol. The fourth-order valence-electron chi connectivity index (χ4n) is 5.84. The Bertz CT molecular complexity index is 1660. The Morgan fingerprint density at radius 3 is 2.00 bits per heavy atom. The van der Waals surface area contributed by atoms with Crippen LogP contribution in [0.5, 0.6) is 0 Å². The van der Waals surface area contributed by atoms with Crippen molar-refractivity contribution in [3.8, 4) is 11.4 Å². The van der Waals surface area contributed by atoms with E-state index < -0.39 is 5.91 Å². The van der Waals surface area contributed by atoms with E-state index in [0.29, 0.717) is 34.4 Å². The average Bonchev–Trinajstić information content (AvgIpc) is 3.63. The van der Waals surface area contributed by atoms with Crippen molar-refractivity contribution in [2.24, 2.45) is 0 Å². The van der Waals surface area contributed by atoms with E-state index in [-0.39, 0.29) is 22.0 Å². The molecule has 0 aliphatic carbocycles. The molecule has 0 aliphatic heterocycles. The number of amides is 3. The van der Waals surface area contributed by atoms with Crippen LogP contribution < -0.4 is 16.0 Å². The lowest BCUT2D eigenvalue weighted by molar-refractivity contribution is 0.102. The number of aromatic nitrogens is 4. The van der Waals surface area contributed by atoms with Gasteiger partial charge >= 0.3 is 6.03 Å². The van der Waals surface area contributed by atoms with Crippen molar-refractivity contribution in [1.82, 2.24) is 25.1 Å². The molecule has 2 aromatic heterocycles. The second-order valence-electron chi connectivity index (χ2n) is 13.9. The second kappa shape index (κ2) is 19.0. The van der Waals surface area contributed by atoms with Crippen LogP contribution in [0.25, 0.3) is 17.0 Å². The number of benzene rings is 2. The summed E-state index contributed by atoms with van der Waals surface area (Å²) < 4.78 is 1.50. The molecule has 0 atom stereocenters. The minimum absolute atomic E-state index is 0.166. The number of rotatable bonds is 19. The molecule has 3 amide bonds. The van der Waals surface area contributed by atoms with Crippen LogP contribution in [0.1, 0.15) is 134 Å². The summed E-state index contributed by atoms with van der Waals surface area (Å²) >= 11 is 13.2. The molecule has 4 aromatic rings. The maximum absolute atomic E-state index is 13.2. The van der Waals surface area contributed by atoms with Crippen LogP contribution >= 0.6 is 23.2 Å². The number of H-pyrrole nitrogens is 1. The van der Waals surface area contributed by atoms with Crippen molar-refractivity contribution < 1.29 is 9.59 Å². The summed E-state index contributed by atoms with van der Waals surface area (Å²) in [5.74, 6) is 0.158. The van der Waals surface area contributed by atoms with Crippen LogP contribution in [0.15, 0.2) is 42.5 Å². The summed E-state index contributed by atoms with van der Waals surface area (Å²) in [5.41, 5.74) is 3.06. The van der Waals surface area contributed by atoms with Gasteiger partial charge in [0.05, 0.1) is 22.0 Å². The molecule has 0 fully saturated rings. The van der Waals surface area contributed by atoms with Gasteiger partial charge in [0.1, 0.15) is 5.02 Å². The zero-order chi connectivity index (χ0) is 35.2. The van der Waals surface area contributed by atoms with E-state index in [0.717, 1.165) is 24.1 Å². The smallest absolute Gasteiger partial charge is 0.319 e. The van der Waals surface area contributed by atoms with Gasteiger partial charge in [-0.15, -0.1) is 9.73 Å². The Hall–Kier alpha value is -3.56. The van der Waals surface area contributed by atoms with Crippen LogP contribution in [0.3, 0.4) is 0 Å². The van der Waals surface area contributed by atoms with Gasteiger partial charge in [-0.25, -0.2) is 4.79 Å². The molecule has 0 unspecified atom stereocenters. The van der Waals surface area contributed by atoms with Crippen LogP contribution in [0, 0.1) is 0 Å². The Balaban J connectivity index is 1.18. The van der Waals surface area contributed by atoms with Crippen LogP contribution in [-0.2, 0) is 5.41 Å². The highest BCUT2D eigenvalue weighted by Gasteiger charge is 2.25. The van der Waals surface area contributed by atoms with Gasteiger partial charge < -0.3 is 20.9 Å². The molecular formula is C38H53Cl2N7O2. The van der Waals surface area contributed by atoms with E-state index in [4.69, 9.17) is 23.2 Å². The van der Waals surface area contributed by atoms with Gasteiger partial charge in [-0.2, -0.15) is 5.10 Å². The van der Waals surface area contributed by atoms with Gasteiger partial charge in [-0.3, -0.25) is 4.79 Å². The summed E-state index contributed by atoms with van der Waals surface area (Å²) in [6.07, 6.45) is 18.1. The number of nitrogens with zero attached hydrogens (tertiary/aromatic N) is 3. The molecule has 9 nitrogen and oxygen atoms in total. The predicted octanol–water partition coefficient (Wildman–Crippen LogP) is 11.2. The van der Waals surface area contributed by atoms with Gasteiger partial charge in [0, 0.05) is 23.2 Å². The van der Waals surface area contributed by atoms with Gasteiger partial charge in [0.2, 0.25) is 0 Å². The number of hydrogen-bond acceptors (Lipinski definition) is 4. The minimum atomic E-state index is -0.402. The molecular weight excluding hydrogens is 657 g/mol. The number of anilines is 2. The Kier molecular flexibility index (Phi) is 14.8. The van der Waals surface area contributed by atoms with Crippen molar-refractivity contribution in [2.75, 3.05) is 17.2 Å². The van der Waals surface area contributed by atoms with Crippen LogP contribution in [0.4, 0.5) is 16.2 Å². The molecule has 4 rings (SSSR count). The molecule has 2 heterocycles. The summed E-state index contributed by atoms with van der Waals surface area (Å²) in [7, 11) is 0. The highest BCUT2D eigenvalue weighted by molar-refractivity contribution is 6.37. The van der Waals surface area contributed by atoms with E-state index in [2.05, 4.69) is 38.1 Å². The van der Waals surface area contributed by atoms with E-state index in [1.54, 1.807) is 30.3 Å². The number of carbonyl (C=O) groups excluding carboxylic acids is 2. The fourth-order valence-corrected chi connectivity index (χ4v) is 6.54. The number of fused-ring (bicyclic) bond motifs is 1. The SMILES string of the molecule is CCCCCCCCCCCCCCCCNC(=O)Nc1cccc(C(=O)Nc2cccc(-c3nn4nc(C(C)(C)C)c(Cl)c4[nH]3)c2)c1Cl. The Morgan fingerprint density at radius 1 is 0.776 bits per heavy atom. The first-order chi connectivity index (χ1) is 23.6. The van der Waals surface area contributed by atoms with Gasteiger partial charge in [0.15, 0.2) is 11.5 Å². The Morgan fingerprint density at radius 2 is 1.39 bits per heavy atom. The maximum atomic E-state index is 13.2. The largest absolute Gasteiger partial charge is 0.338 e. The first-order valence-corrected chi connectivity index (χ1v) is 18.7. The number of nitrogens with one attached hydrogen (secondary N) is 4. The highest BCUT2D eigenvalue weighted by atomic mass is 35.5. The quantitative estimate of drug-likeness (QED) is 0.0725. The van der Waals surface area contributed by atoms with Crippen molar-refractivity contribution >= 4 is 52.2 Å². The number of halogens is 2. The number of hydrogen-bond donors (Lipinski definition) is 4. The summed E-state index contributed by atoms with van der Waals surface area (Å²) in [4.78, 5) is 29.1. The first-order valence-electron chi connectivity index (χ1n) is 18.0. The molecule has 0 radical (unpaired) electrons. The highest BCUT2D eigenvalue weighted by Crippen LogP contribution is 2.32. The maximum Gasteiger partial charge on any atom is 0.319 e. The first kappa shape index (κ1) is 38.2. The van der Waals surface area contributed by atoms with E-state index >= 15 is 0 Å². The fraction of sp³-hybridized carbons (Fsp3) is 0.526. The topological polar surface area (TPSA) is 116 Å². The molecule has 11 heteroatoms. The zero-order valence-corrected chi connectivity index (χ0v) is 31.1. The molecule has 266 valence electrons. The second-order valence-corrected chi connectivity index (χ2v) is 14.7.